The first kappa shape index (κ1) is 16.1. The van der Waals surface area contributed by atoms with Crippen LogP contribution >= 0.6 is 27.3 Å². The Bertz CT molecular complexity index is 1020. The van der Waals surface area contributed by atoms with Crippen molar-refractivity contribution in [2.75, 3.05) is 4.72 Å². The number of nitrogens with one attached hydrogen (secondary N) is 1. The number of halogens is 3. The van der Waals surface area contributed by atoms with Crippen molar-refractivity contribution in [3.05, 3.63) is 46.7 Å². The fourth-order valence-electron chi connectivity index (χ4n) is 1.85. The number of nitrogens with zero attached hydrogens (tertiary/aromatic N) is 1. The Morgan fingerprint density at radius 2 is 2.00 bits per heavy atom. The third-order valence-electron chi connectivity index (χ3n) is 2.95. The zero-order chi connectivity index (χ0) is 16.8. The fraction of sp³-hybridized carbons (Fsp3) is 0. The van der Waals surface area contributed by atoms with E-state index in [0.29, 0.717) is 14.6 Å². The number of anilines is 1. The molecule has 0 radical (unpaired) electrons. The number of hydrogen-bond donors (Lipinski definition) is 2. The Kier molecular flexibility index (Phi) is 3.98. The summed E-state index contributed by atoms with van der Waals surface area (Å²) in [7, 11) is -4.10. The average molecular weight is 421 g/mol. The zero-order valence-corrected chi connectivity index (χ0v) is 14.3. The van der Waals surface area contributed by atoms with Crippen LogP contribution in [-0.2, 0) is 10.0 Å². The molecule has 0 aliphatic rings. The molecule has 0 saturated heterocycles. The number of thiophene rings is 1. The minimum absolute atomic E-state index is 0.0654. The number of pyridine rings is 1. The number of phenols is 1. The summed E-state index contributed by atoms with van der Waals surface area (Å²) in [5, 5.41) is 9.85. The van der Waals surface area contributed by atoms with Gasteiger partial charge in [-0.3, -0.25) is 9.71 Å². The highest BCUT2D eigenvalue weighted by molar-refractivity contribution is 9.10. The number of aromatic nitrogens is 1. The molecule has 0 spiro atoms. The van der Waals surface area contributed by atoms with E-state index in [1.54, 1.807) is 0 Å². The maximum absolute atomic E-state index is 13.7. The van der Waals surface area contributed by atoms with Crippen LogP contribution in [0.1, 0.15) is 0 Å². The van der Waals surface area contributed by atoms with E-state index in [4.69, 9.17) is 0 Å². The molecular weight excluding hydrogens is 414 g/mol. The molecule has 3 rings (SSSR count). The van der Waals surface area contributed by atoms with Crippen molar-refractivity contribution in [2.45, 2.75) is 4.21 Å². The summed E-state index contributed by atoms with van der Waals surface area (Å²) >= 11 is 4.22. The van der Waals surface area contributed by atoms with Crippen molar-refractivity contribution in [3.8, 4) is 5.75 Å². The lowest BCUT2D eigenvalue weighted by Crippen LogP contribution is -2.12. The first-order valence-corrected chi connectivity index (χ1v) is 9.11. The molecule has 0 amide bonds. The third-order valence-corrected chi connectivity index (χ3v) is 6.49. The van der Waals surface area contributed by atoms with Gasteiger partial charge in [-0.25, -0.2) is 17.2 Å². The number of fused-ring (bicyclic) bond motifs is 1. The second-order valence-corrected chi connectivity index (χ2v) is 8.31. The summed E-state index contributed by atoms with van der Waals surface area (Å²) < 4.78 is 54.7. The molecule has 1 aromatic carbocycles. The number of benzene rings is 1. The lowest BCUT2D eigenvalue weighted by molar-refractivity contribution is 0.397. The van der Waals surface area contributed by atoms with Gasteiger partial charge in [0.2, 0.25) is 0 Å². The largest absolute Gasteiger partial charge is 0.503 e. The van der Waals surface area contributed by atoms with Gasteiger partial charge in [-0.2, -0.15) is 0 Å². The second-order valence-electron chi connectivity index (χ2n) is 4.46. The summed E-state index contributed by atoms with van der Waals surface area (Å²) in [6.07, 6.45) is 3.03. The minimum Gasteiger partial charge on any atom is -0.503 e. The van der Waals surface area contributed by atoms with Gasteiger partial charge in [-0.1, -0.05) is 0 Å². The number of phenolic OH excluding ortho intramolecular Hbond substituents is 1. The van der Waals surface area contributed by atoms with Gasteiger partial charge in [0.1, 0.15) is 4.21 Å². The van der Waals surface area contributed by atoms with Gasteiger partial charge in [0.15, 0.2) is 17.4 Å². The van der Waals surface area contributed by atoms with Gasteiger partial charge in [-0.15, -0.1) is 11.3 Å². The Morgan fingerprint density at radius 3 is 2.70 bits per heavy atom. The minimum atomic E-state index is -4.10. The summed E-state index contributed by atoms with van der Waals surface area (Å²) in [5.41, 5.74) is -0.543. The van der Waals surface area contributed by atoms with Crippen LogP contribution in [-0.4, -0.2) is 18.5 Å². The number of rotatable bonds is 3. The highest BCUT2D eigenvalue weighted by Gasteiger charge is 2.22. The van der Waals surface area contributed by atoms with E-state index in [2.05, 4.69) is 20.9 Å². The smallest absolute Gasteiger partial charge is 0.271 e. The normalized spacial score (nSPS) is 11.8. The maximum atomic E-state index is 13.7. The molecule has 5 nitrogen and oxygen atoms in total. The summed E-state index contributed by atoms with van der Waals surface area (Å²) in [4.78, 5) is 3.94. The lowest BCUT2D eigenvalue weighted by atomic mass is 10.3. The monoisotopic (exact) mass is 420 g/mol. The third kappa shape index (κ3) is 2.89. The zero-order valence-electron chi connectivity index (χ0n) is 11.0. The SMILES string of the molecule is O=S(=O)(Nc1ccc(F)c(O)c1F)c1cc2c(Br)cncc2s1. The van der Waals surface area contributed by atoms with Crippen molar-refractivity contribution in [1.82, 2.24) is 4.98 Å². The second kappa shape index (κ2) is 5.69. The van der Waals surface area contributed by atoms with E-state index in [1.165, 1.54) is 18.5 Å². The van der Waals surface area contributed by atoms with Gasteiger partial charge in [-0.05, 0) is 34.1 Å². The van der Waals surface area contributed by atoms with Crippen molar-refractivity contribution >= 4 is 53.1 Å². The van der Waals surface area contributed by atoms with E-state index in [0.717, 1.165) is 23.5 Å². The summed E-state index contributed by atoms with van der Waals surface area (Å²) in [6.45, 7) is 0. The van der Waals surface area contributed by atoms with Gasteiger partial charge in [0, 0.05) is 22.3 Å². The van der Waals surface area contributed by atoms with Gasteiger partial charge >= 0.3 is 0 Å². The van der Waals surface area contributed by atoms with E-state index in [-0.39, 0.29) is 4.21 Å². The number of aromatic hydroxyl groups is 1. The molecule has 23 heavy (non-hydrogen) atoms. The molecule has 0 aliphatic heterocycles. The van der Waals surface area contributed by atoms with E-state index < -0.39 is 33.1 Å². The van der Waals surface area contributed by atoms with Crippen LogP contribution in [0.2, 0.25) is 0 Å². The van der Waals surface area contributed by atoms with Crippen LogP contribution in [0.25, 0.3) is 10.1 Å². The topological polar surface area (TPSA) is 79.3 Å². The molecule has 2 aromatic heterocycles. The van der Waals surface area contributed by atoms with Crippen LogP contribution in [0.15, 0.2) is 39.3 Å². The molecule has 3 aromatic rings. The van der Waals surface area contributed by atoms with Crippen LogP contribution in [0.5, 0.6) is 5.75 Å². The quantitative estimate of drug-likeness (QED) is 0.674. The van der Waals surface area contributed by atoms with E-state index in [9.17, 15) is 22.3 Å². The standard InChI is InChI=1S/C13H7BrF2N2O3S2/c14-7-4-17-5-10-6(7)3-11(22-10)23(20,21)18-9-2-1-8(15)13(19)12(9)16/h1-5,18-19H. The van der Waals surface area contributed by atoms with Gasteiger partial charge in [0.05, 0.1) is 10.4 Å². The molecule has 0 aliphatic carbocycles. The van der Waals surface area contributed by atoms with E-state index in [1.807, 2.05) is 4.72 Å². The molecular formula is C13H7BrF2N2O3S2. The molecule has 0 saturated carbocycles. The van der Waals surface area contributed by atoms with E-state index >= 15 is 0 Å². The number of sulfonamides is 1. The molecule has 0 bridgehead atoms. The van der Waals surface area contributed by atoms with Crippen molar-refractivity contribution < 1.29 is 22.3 Å². The molecule has 0 atom stereocenters. The van der Waals surface area contributed by atoms with Crippen LogP contribution in [0.3, 0.4) is 0 Å². The molecule has 0 fully saturated rings. The Morgan fingerprint density at radius 1 is 1.26 bits per heavy atom. The Hall–Kier alpha value is -1.78. The molecule has 10 heteroatoms. The predicted octanol–water partition coefficient (Wildman–Crippen LogP) is 3.84. The maximum Gasteiger partial charge on any atom is 0.271 e. The molecule has 0 unspecified atom stereocenters. The fourth-order valence-corrected chi connectivity index (χ4v) is 4.87. The van der Waals surface area contributed by atoms with Crippen molar-refractivity contribution in [1.29, 1.82) is 0 Å². The lowest BCUT2D eigenvalue weighted by Gasteiger charge is -2.08. The Labute approximate surface area is 141 Å². The van der Waals surface area contributed by atoms with Crippen LogP contribution < -0.4 is 4.72 Å². The Balaban J connectivity index is 2.04. The van der Waals surface area contributed by atoms with Gasteiger partial charge < -0.3 is 5.11 Å². The van der Waals surface area contributed by atoms with Crippen molar-refractivity contribution in [3.63, 3.8) is 0 Å². The predicted molar refractivity (Wildman–Crippen MR) is 86.2 cm³/mol. The van der Waals surface area contributed by atoms with Crippen molar-refractivity contribution in [2.24, 2.45) is 0 Å². The first-order chi connectivity index (χ1) is 10.8. The highest BCUT2D eigenvalue weighted by Crippen LogP contribution is 2.34. The average Bonchev–Trinajstić information content (AvgIpc) is 2.94. The van der Waals surface area contributed by atoms with Crippen LogP contribution in [0, 0.1) is 11.6 Å². The summed E-state index contributed by atoms with van der Waals surface area (Å²) in [5.74, 6) is -3.80. The molecule has 120 valence electrons. The van der Waals surface area contributed by atoms with Gasteiger partial charge in [0.25, 0.3) is 10.0 Å². The molecule has 2 heterocycles. The first-order valence-electron chi connectivity index (χ1n) is 6.02. The highest BCUT2D eigenvalue weighted by atomic mass is 79.9. The van der Waals surface area contributed by atoms with Crippen LogP contribution in [0.4, 0.5) is 14.5 Å². The number of hydrogen-bond acceptors (Lipinski definition) is 5. The summed E-state index contributed by atoms with van der Waals surface area (Å²) in [6, 6.07) is 3.07. The molecule has 2 N–H and O–H groups in total.